The molecule has 0 bridgehead atoms. The number of aromatic nitrogens is 1. The highest BCUT2D eigenvalue weighted by Crippen LogP contribution is 2.06. The van der Waals surface area contributed by atoms with Gasteiger partial charge in [0.2, 0.25) is 5.91 Å². The first-order valence-corrected chi connectivity index (χ1v) is 5.59. The van der Waals surface area contributed by atoms with Crippen LogP contribution in [0.4, 0.5) is 10.2 Å². The fourth-order valence-corrected chi connectivity index (χ4v) is 1.22. The van der Waals surface area contributed by atoms with Gasteiger partial charge in [0.25, 0.3) is 0 Å². The first-order valence-electron chi connectivity index (χ1n) is 5.59. The zero-order valence-electron chi connectivity index (χ0n) is 10.1. The van der Waals surface area contributed by atoms with E-state index in [0.29, 0.717) is 12.4 Å². The number of carbonyl (C=O) groups excluding carboxylic acids is 1. The molecule has 5 nitrogen and oxygen atoms in total. The lowest BCUT2D eigenvalue weighted by Crippen LogP contribution is -2.24. The summed E-state index contributed by atoms with van der Waals surface area (Å²) < 4.78 is 12.6. The molecule has 1 heterocycles. The van der Waals surface area contributed by atoms with E-state index in [1.807, 2.05) is 6.92 Å². The lowest BCUT2D eigenvalue weighted by Gasteiger charge is -2.01. The fraction of sp³-hybridized carbons (Fsp3) is 0.333. The Balaban J connectivity index is 2.38. The quantitative estimate of drug-likeness (QED) is 0.756. The van der Waals surface area contributed by atoms with Gasteiger partial charge in [0.05, 0.1) is 12.6 Å². The molecule has 0 fully saturated rings. The van der Waals surface area contributed by atoms with Crippen molar-refractivity contribution in [3.05, 3.63) is 24.1 Å². The summed E-state index contributed by atoms with van der Waals surface area (Å²) in [6, 6.07) is 2.71. The highest BCUT2D eigenvalue weighted by molar-refractivity contribution is 6.04. The Kier molecular flexibility index (Phi) is 5.63. The number of carbonyl (C=O) groups is 1. The van der Waals surface area contributed by atoms with E-state index < -0.39 is 5.82 Å². The lowest BCUT2D eigenvalue weighted by molar-refractivity contribution is -0.119. The molecule has 0 aliphatic rings. The molecule has 0 unspecified atom stereocenters. The van der Waals surface area contributed by atoms with Crippen molar-refractivity contribution in [2.24, 2.45) is 4.99 Å². The normalized spacial score (nSPS) is 10.6. The van der Waals surface area contributed by atoms with Crippen LogP contribution in [0.3, 0.4) is 0 Å². The van der Waals surface area contributed by atoms with E-state index in [2.05, 4.69) is 15.3 Å². The maximum atomic E-state index is 12.6. The highest BCUT2D eigenvalue weighted by atomic mass is 19.1. The van der Waals surface area contributed by atoms with Crippen LogP contribution in [0.1, 0.15) is 19.8 Å². The van der Waals surface area contributed by atoms with Gasteiger partial charge >= 0.3 is 0 Å². The number of pyridine rings is 1. The number of amides is 1. The maximum absolute atomic E-state index is 12.6. The number of nitrogens with zero attached hydrogens (tertiary/aromatic N) is 2. The van der Waals surface area contributed by atoms with E-state index in [0.717, 1.165) is 6.20 Å². The first kappa shape index (κ1) is 14.0. The van der Waals surface area contributed by atoms with Crippen molar-refractivity contribution in [1.29, 1.82) is 5.41 Å². The van der Waals surface area contributed by atoms with Gasteiger partial charge < -0.3 is 10.7 Å². The summed E-state index contributed by atoms with van der Waals surface area (Å²) in [5.41, 5.74) is 0.270. The van der Waals surface area contributed by atoms with Gasteiger partial charge in [-0.05, 0) is 19.1 Å². The van der Waals surface area contributed by atoms with E-state index in [1.54, 1.807) is 0 Å². The van der Waals surface area contributed by atoms with Gasteiger partial charge in [0, 0.05) is 24.9 Å². The zero-order chi connectivity index (χ0) is 13.4. The second-order valence-electron chi connectivity index (χ2n) is 3.58. The summed E-state index contributed by atoms with van der Waals surface area (Å²) >= 11 is 0. The van der Waals surface area contributed by atoms with Gasteiger partial charge in [-0.2, -0.15) is 0 Å². The molecule has 2 N–H and O–H groups in total. The van der Waals surface area contributed by atoms with Crippen LogP contribution in [-0.2, 0) is 4.79 Å². The van der Waals surface area contributed by atoms with E-state index in [1.165, 1.54) is 18.3 Å². The number of hydrogen-bond acceptors (Lipinski definition) is 4. The van der Waals surface area contributed by atoms with Crippen molar-refractivity contribution in [3.63, 3.8) is 0 Å². The van der Waals surface area contributed by atoms with Gasteiger partial charge in [-0.15, -0.1) is 0 Å². The molecule has 1 aromatic rings. The highest BCUT2D eigenvalue weighted by Gasteiger charge is 2.03. The number of aliphatic imine (C=N–C) groups is 1. The molecular formula is C12H15FN4O. The number of nitrogens with one attached hydrogen (secondary N) is 2. The SMILES string of the molecule is CCNC(=O)CC(=N)CC=Nc1ccc(F)cn1. The van der Waals surface area contributed by atoms with Crippen molar-refractivity contribution in [1.82, 2.24) is 10.3 Å². The molecule has 0 saturated heterocycles. The molecule has 1 amide bonds. The monoisotopic (exact) mass is 250 g/mol. The molecule has 0 aliphatic carbocycles. The molecule has 0 spiro atoms. The van der Waals surface area contributed by atoms with Gasteiger partial charge in [-0.25, -0.2) is 14.4 Å². The molecular weight excluding hydrogens is 235 g/mol. The van der Waals surface area contributed by atoms with Crippen LogP contribution in [-0.4, -0.2) is 29.4 Å². The number of halogens is 1. The molecule has 6 heteroatoms. The topological polar surface area (TPSA) is 78.2 Å². The third-order valence-electron chi connectivity index (χ3n) is 2.02. The Morgan fingerprint density at radius 2 is 2.39 bits per heavy atom. The number of hydrogen-bond donors (Lipinski definition) is 2. The Morgan fingerprint density at radius 3 is 3.00 bits per heavy atom. The standard InChI is InChI=1S/C12H15FN4O/c1-2-15-12(18)7-10(14)5-6-16-11-4-3-9(13)8-17-11/h3-4,6,8,14H,2,5,7H2,1H3,(H,15,18). The van der Waals surface area contributed by atoms with E-state index in [-0.39, 0.29) is 24.5 Å². The summed E-state index contributed by atoms with van der Waals surface area (Å²) in [6.07, 6.45) is 2.90. The van der Waals surface area contributed by atoms with E-state index in [4.69, 9.17) is 5.41 Å². The van der Waals surface area contributed by atoms with Gasteiger partial charge in [0.1, 0.15) is 5.82 Å². The smallest absolute Gasteiger partial charge is 0.225 e. The Hall–Kier alpha value is -2.11. The molecule has 96 valence electrons. The zero-order valence-corrected chi connectivity index (χ0v) is 10.1. The largest absolute Gasteiger partial charge is 0.356 e. The fourth-order valence-electron chi connectivity index (χ4n) is 1.22. The summed E-state index contributed by atoms with van der Waals surface area (Å²) in [5.74, 6) is -0.212. The van der Waals surface area contributed by atoms with Crippen molar-refractivity contribution in [2.75, 3.05) is 6.54 Å². The van der Waals surface area contributed by atoms with Crippen molar-refractivity contribution < 1.29 is 9.18 Å². The molecule has 18 heavy (non-hydrogen) atoms. The molecule has 0 atom stereocenters. The molecule has 0 aliphatic heterocycles. The molecule has 1 rings (SSSR count). The third kappa shape index (κ3) is 5.29. The van der Waals surface area contributed by atoms with Crippen molar-refractivity contribution in [3.8, 4) is 0 Å². The predicted molar refractivity (Wildman–Crippen MR) is 68.0 cm³/mol. The Bertz CT molecular complexity index is 442. The predicted octanol–water partition coefficient (Wildman–Crippen LogP) is 1.86. The molecule has 0 radical (unpaired) electrons. The van der Waals surface area contributed by atoms with Crippen LogP contribution in [0.25, 0.3) is 0 Å². The minimum Gasteiger partial charge on any atom is -0.356 e. The first-order chi connectivity index (χ1) is 8.61. The second kappa shape index (κ2) is 7.26. The molecule has 0 aromatic carbocycles. The minimum atomic E-state index is -0.419. The maximum Gasteiger partial charge on any atom is 0.225 e. The van der Waals surface area contributed by atoms with Crippen LogP contribution in [0.15, 0.2) is 23.3 Å². The lowest BCUT2D eigenvalue weighted by atomic mass is 10.2. The summed E-state index contributed by atoms with van der Waals surface area (Å²) in [5, 5.41) is 10.2. The molecule has 0 saturated carbocycles. The van der Waals surface area contributed by atoms with Gasteiger partial charge in [0.15, 0.2) is 5.82 Å². The van der Waals surface area contributed by atoms with Crippen LogP contribution < -0.4 is 5.32 Å². The average Bonchev–Trinajstić information content (AvgIpc) is 2.32. The van der Waals surface area contributed by atoms with Crippen LogP contribution in [0.2, 0.25) is 0 Å². The van der Waals surface area contributed by atoms with E-state index >= 15 is 0 Å². The van der Waals surface area contributed by atoms with E-state index in [9.17, 15) is 9.18 Å². The Labute approximate surface area is 105 Å². The second-order valence-corrected chi connectivity index (χ2v) is 3.58. The van der Waals surface area contributed by atoms with Crippen molar-refractivity contribution in [2.45, 2.75) is 19.8 Å². The van der Waals surface area contributed by atoms with Crippen LogP contribution in [0, 0.1) is 11.2 Å². The minimum absolute atomic E-state index is 0.0662. The third-order valence-corrected chi connectivity index (χ3v) is 2.02. The van der Waals surface area contributed by atoms with Crippen LogP contribution >= 0.6 is 0 Å². The van der Waals surface area contributed by atoms with Crippen molar-refractivity contribution >= 4 is 23.7 Å². The summed E-state index contributed by atoms with van der Waals surface area (Å²) in [6.45, 7) is 2.38. The van der Waals surface area contributed by atoms with Gasteiger partial charge in [-0.3, -0.25) is 4.79 Å². The van der Waals surface area contributed by atoms with Gasteiger partial charge in [-0.1, -0.05) is 0 Å². The Morgan fingerprint density at radius 1 is 1.61 bits per heavy atom. The molecule has 1 aromatic heterocycles. The summed E-state index contributed by atoms with van der Waals surface area (Å²) in [4.78, 5) is 18.9. The average molecular weight is 250 g/mol. The number of rotatable bonds is 6. The summed E-state index contributed by atoms with van der Waals surface area (Å²) in [7, 11) is 0. The van der Waals surface area contributed by atoms with Crippen LogP contribution in [0.5, 0.6) is 0 Å².